The van der Waals surface area contributed by atoms with Crippen molar-refractivity contribution in [2.45, 2.75) is 26.7 Å². The van der Waals surface area contributed by atoms with Gasteiger partial charge < -0.3 is 9.73 Å². The lowest BCUT2D eigenvalue weighted by Gasteiger charge is -2.02. The Kier molecular flexibility index (Phi) is 4.73. The second kappa shape index (κ2) is 7.32. The van der Waals surface area contributed by atoms with Crippen molar-refractivity contribution in [2.24, 2.45) is 0 Å². The number of amides is 1. The molecule has 0 aliphatic rings. The largest absolute Gasteiger partial charge is 0.464 e. The molecule has 0 spiro atoms. The Morgan fingerprint density at radius 1 is 1.11 bits per heavy atom. The topological polar surface area (TPSA) is 68.0 Å². The van der Waals surface area contributed by atoms with Gasteiger partial charge >= 0.3 is 0 Å². The molecule has 0 atom stereocenters. The maximum Gasteiger partial charge on any atom is 0.230 e. The lowest BCUT2D eigenvalue weighted by Crippen LogP contribution is -2.14. The van der Waals surface area contributed by atoms with E-state index in [2.05, 4.69) is 21.6 Å². The van der Waals surface area contributed by atoms with Gasteiger partial charge in [0, 0.05) is 17.4 Å². The van der Waals surface area contributed by atoms with E-state index < -0.39 is 0 Å². The second-order valence-electron chi connectivity index (χ2n) is 6.53. The average molecular weight is 377 g/mol. The van der Waals surface area contributed by atoms with Crippen molar-refractivity contribution in [2.75, 3.05) is 5.32 Å². The van der Waals surface area contributed by atoms with E-state index in [1.807, 2.05) is 50.2 Å². The number of benzene rings is 2. The van der Waals surface area contributed by atoms with E-state index in [1.54, 1.807) is 6.26 Å². The summed E-state index contributed by atoms with van der Waals surface area (Å²) in [4.78, 5) is 12.4. The van der Waals surface area contributed by atoms with Crippen LogP contribution in [0.15, 0.2) is 53.1 Å². The molecular weight excluding hydrogens is 358 g/mol. The number of hydrogen-bond donors (Lipinski definition) is 1. The first-order valence-corrected chi connectivity index (χ1v) is 9.54. The highest BCUT2D eigenvalue weighted by Gasteiger charge is 2.14. The van der Waals surface area contributed by atoms with Crippen LogP contribution < -0.4 is 5.32 Å². The predicted molar refractivity (Wildman–Crippen MR) is 107 cm³/mol. The first kappa shape index (κ1) is 17.4. The molecule has 0 aliphatic carbocycles. The molecule has 0 radical (unpaired) electrons. The number of carbonyl (C=O) groups excluding carboxylic acids is 1. The number of fused-ring (bicyclic) bond motifs is 1. The van der Waals surface area contributed by atoms with Crippen LogP contribution in [0.4, 0.5) is 5.13 Å². The fraction of sp³-hybridized carbons (Fsp3) is 0.190. The number of aromatic nitrogens is 2. The molecule has 0 bridgehead atoms. The summed E-state index contributed by atoms with van der Waals surface area (Å²) >= 11 is 1.40. The molecule has 27 heavy (non-hydrogen) atoms. The molecule has 4 rings (SSSR count). The molecular formula is C21H19N3O2S. The number of carbonyl (C=O) groups is 1. The van der Waals surface area contributed by atoms with Crippen LogP contribution in [0.5, 0.6) is 0 Å². The van der Waals surface area contributed by atoms with Gasteiger partial charge in [-0.15, -0.1) is 10.2 Å². The third-order valence-corrected chi connectivity index (χ3v) is 5.44. The Morgan fingerprint density at radius 2 is 1.93 bits per heavy atom. The Labute approximate surface area is 161 Å². The van der Waals surface area contributed by atoms with E-state index in [0.717, 1.165) is 27.1 Å². The van der Waals surface area contributed by atoms with E-state index in [9.17, 15) is 4.79 Å². The molecule has 2 aromatic carbocycles. The summed E-state index contributed by atoms with van der Waals surface area (Å²) in [7, 11) is 0. The van der Waals surface area contributed by atoms with Crippen molar-refractivity contribution >= 4 is 33.3 Å². The maximum atomic E-state index is 12.4. The van der Waals surface area contributed by atoms with Gasteiger partial charge in [0.15, 0.2) is 0 Å². The predicted octanol–water partition coefficient (Wildman–Crippen LogP) is 4.67. The molecule has 136 valence electrons. The van der Waals surface area contributed by atoms with Crippen molar-refractivity contribution in [3.05, 3.63) is 76.0 Å². The Balaban J connectivity index is 1.44. The van der Waals surface area contributed by atoms with Gasteiger partial charge in [0.05, 0.1) is 12.7 Å². The summed E-state index contributed by atoms with van der Waals surface area (Å²) in [6.45, 7) is 4.08. The fourth-order valence-electron chi connectivity index (χ4n) is 3.01. The monoisotopic (exact) mass is 377 g/mol. The smallest absolute Gasteiger partial charge is 0.230 e. The van der Waals surface area contributed by atoms with E-state index in [0.29, 0.717) is 11.6 Å². The highest BCUT2D eigenvalue weighted by Crippen LogP contribution is 2.27. The zero-order valence-electron chi connectivity index (χ0n) is 15.2. The van der Waals surface area contributed by atoms with Crippen molar-refractivity contribution < 1.29 is 9.21 Å². The van der Waals surface area contributed by atoms with Crippen LogP contribution in [0.2, 0.25) is 0 Å². The minimum atomic E-state index is -0.127. The Morgan fingerprint density at radius 3 is 2.74 bits per heavy atom. The number of nitrogens with zero attached hydrogens (tertiary/aromatic N) is 2. The molecule has 0 fully saturated rings. The SMILES string of the molecule is Cc1ccc2c(CC(=O)Nc3nnc(Cc4ccccc4)s3)coc2c1C. The molecule has 5 nitrogen and oxygen atoms in total. The minimum Gasteiger partial charge on any atom is -0.464 e. The summed E-state index contributed by atoms with van der Waals surface area (Å²) in [5.41, 5.74) is 5.17. The van der Waals surface area contributed by atoms with Gasteiger partial charge in [0.1, 0.15) is 10.6 Å². The Bertz CT molecular complexity index is 1100. The van der Waals surface area contributed by atoms with Gasteiger partial charge in [-0.25, -0.2) is 0 Å². The molecule has 6 heteroatoms. The molecule has 0 saturated heterocycles. The minimum absolute atomic E-state index is 0.127. The van der Waals surface area contributed by atoms with Crippen LogP contribution in [0.25, 0.3) is 11.0 Å². The van der Waals surface area contributed by atoms with Gasteiger partial charge in [0.2, 0.25) is 11.0 Å². The average Bonchev–Trinajstić information content (AvgIpc) is 3.26. The van der Waals surface area contributed by atoms with Crippen LogP contribution in [0, 0.1) is 13.8 Å². The van der Waals surface area contributed by atoms with Gasteiger partial charge in [0.25, 0.3) is 0 Å². The van der Waals surface area contributed by atoms with Crippen molar-refractivity contribution in [3.63, 3.8) is 0 Å². The lowest BCUT2D eigenvalue weighted by molar-refractivity contribution is -0.115. The molecule has 2 aromatic heterocycles. The first-order chi connectivity index (χ1) is 13.1. The van der Waals surface area contributed by atoms with Gasteiger partial charge in [-0.05, 0) is 30.5 Å². The van der Waals surface area contributed by atoms with Crippen LogP contribution in [-0.2, 0) is 17.6 Å². The van der Waals surface area contributed by atoms with Crippen LogP contribution in [0.3, 0.4) is 0 Å². The number of nitrogens with one attached hydrogen (secondary N) is 1. The van der Waals surface area contributed by atoms with Crippen molar-refractivity contribution in [3.8, 4) is 0 Å². The number of rotatable bonds is 5. The number of aryl methyl sites for hydroxylation is 2. The highest BCUT2D eigenvalue weighted by atomic mass is 32.1. The van der Waals surface area contributed by atoms with Gasteiger partial charge in [-0.1, -0.05) is 53.8 Å². The molecule has 1 N–H and O–H groups in total. The third kappa shape index (κ3) is 3.75. The van der Waals surface area contributed by atoms with Crippen LogP contribution >= 0.6 is 11.3 Å². The molecule has 4 aromatic rings. The van der Waals surface area contributed by atoms with E-state index in [4.69, 9.17) is 4.42 Å². The normalized spacial score (nSPS) is 11.0. The Hall–Kier alpha value is -2.99. The molecule has 2 heterocycles. The molecule has 0 aliphatic heterocycles. The highest BCUT2D eigenvalue weighted by molar-refractivity contribution is 7.15. The molecule has 0 saturated carbocycles. The van der Waals surface area contributed by atoms with Gasteiger partial charge in [-0.3, -0.25) is 4.79 Å². The summed E-state index contributed by atoms with van der Waals surface area (Å²) in [6, 6.07) is 14.1. The third-order valence-electron chi connectivity index (χ3n) is 4.60. The zero-order chi connectivity index (χ0) is 18.8. The number of furan rings is 1. The van der Waals surface area contributed by atoms with E-state index >= 15 is 0 Å². The summed E-state index contributed by atoms with van der Waals surface area (Å²) < 4.78 is 5.68. The number of anilines is 1. The zero-order valence-corrected chi connectivity index (χ0v) is 16.0. The summed E-state index contributed by atoms with van der Waals surface area (Å²) in [5, 5.41) is 13.5. The standard InChI is InChI=1S/C21H19N3O2S/c1-13-8-9-17-16(12-26-20(17)14(13)2)11-18(25)22-21-24-23-19(27-21)10-15-6-4-3-5-7-15/h3-9,12H,10-11H2,1-2H3,(H,22,24,25). The van der Waals surface area contributed by atoms with Crippen LogP contribution in [0.1, 0.15) is 27.3 Å². The van der Waals surface area contributed by atoms with E-state index in [1.165, 1.54) is 22.5 Å². The van der Waals surface area contributed by atoms with Crippen molar-refractivity contribution in [1.29, 1.82) is 0 Å². The summed E-state index contributed by atoms with van der Waals surface area (Å²) in [5.74, 6) is -0.127. The van der Waals surface area contributed by atoms with Crippen molar-refractivity contribution in [1.82, 2.24) is 10.2 Å². The van der Waals surface area contributed by atoms with Crippen LogP contribution in [-0.4, -0.2) is 16.1 Å². The second-order valence-corrected chi connectivity index (χ2v) is 7.60. The molecule has 1 amide bonds. The lowest BCUT2D eigenvalue weighted by atomic mass is 10.0. The quantitative estimate of drug-likeness (QED) is 0.549. The van der Waals surface area contributed by atoms with Gasteiger partial charge in [-0.2, -0.15) is 0 Å². The fourth-order valence-corrected chi connectivity index (χ4v) is 3.80. The number of hydrogen-bond acceptors (Lipinski definition) is 5. The first-order valence-electron chi connectivity index (χ1n) is 8.72. The van der Waals surface area contributed by atoms with E-state index in [-0.39, 0.29) is 12.3 Å². The summed E-state index contributed by atoms with van der Waals surface area (Å²) in [6.07, 6.45) is 2.61. The maximum absolute atomic E-state index is 12.4. The molecule has 0 unspecified atom stereocenters.